The molecule has 0 saturated carbocycles. The van der Waals surface area contributed by atoms with Crippen molar-refractivity contribution in [2.75, 3.05) is 5.32 Å². The lowest BCUT2D eigenvalue weighted by Gasteiger charge is -2.10. The zero-order valence-electron chi connectivity index (χ0n) is 10.1. The lowest BCUT2D eigenvalue weighted by atomic mass is 10.3. The van der Waals surface area contributed by atoms with Crippen LogP contribution in [0.4, 0.5) is 16.0 Å². The van der Waals surface area contributed by atoms with Gasteiger partial charge in [-0.05, 0) is 24.3 Å². The van der Waals surface area contributed by atoms with Gasteiger partial charge in [-0.25, -0.2) is 9.37 Å². The van der Waals surface area contributed by atoms with Crippen LogP contribution in [0.2, 0.25) is 0 Å². The van der Waals surface area contributed by atoms with Gasteiger partial charge < -0.3 is 5.32 Å². The number of nitrogens with zero attached hydrogens (tertiary/aromatic N) is 2. The van der Waals surface area contributed by atoms with Crippen molar-refractivity contribution in [1.29, 1.82) is 0 Å². The predicted molar refractivity (Wildman–Crippen MR) is 73.2 cm³/mol. The quantitative estimate of drug-likeness (QED) is 0.770. The zero-order chi connectivity index (χ0) is 13.1. The molecule has 0 radical (unpaired) electrons. The number of benzene rings is 2. The maximum absolute atomic E-state index is 13.8. The molecule has 3 rings (SSSR count). The second-order valence-electron chi connectivity index (χ2n) is 4.06. The number of hydrogen-bond acceptors (Lipinski definition) is 2. The van der Waals surface area contributed by atoms with Crippen molar-refractivity contribution < 1.29 is 4.39 Å². The number of imidazole rings is 1. The highest BCUT2D eigenvalue weighted by molar-refractivity contribution is 5.55. The molecule has 0 bridgehead atoms. The molecule has 4 heteroatoms. The van der Waals surface area contributed by atoms with E-state index in [2.05, 4.69) is 10.3 Å². The maximum atomic E-state index is 13.8. The minimum atomic E-state index is -0.281. The molecule has 0 unspecified atom stereocenters. The average molecular weight is 253 g/mol. The number of anilines is 2. The van der Waals surface area contributed by atoms with Gasteiger partial charge in [0, 0.05) is 18.1 Å². The van der Waals surface area contributed by atoms with Gasteiger partial charge in [0.15, 0.2) is 0 Å². The normalized spacial score (nSPS) is 10.4. The SMILES string of the molecule is Fc1ccccc1-n1ccnc1Nc1ccccc1. The molecule has 0 aliphatic rings. The van der Waals surface area contributed by atoms with E-state index in [9.17, 15) is 4.39 Å². The van der Waals surface area contributed by atoms with Gasteiger partial charge >= 0.3 is 0 Å². The van der Waals surface area contributed by atoms with Gasteiger partial charge in [-0.2, -0.15) is 0 Å². The van der Waals surface area contributed by atoms with Crippen molar-refractivity contribution in [1.82, 2.24) is 9.55 Å². The Morgan fingerprint density at radius 1 is 0.947 bits per heavy atom. The van der Waals surface area contributed by atoms with Crippen LogP contribution in [0, 0.1) is 5.82 Å². The van der Waals surface area contributed by atoms with E-state index in [1.807, 2.05) is 30.3 Å². The lowest BCUT2D eigenvalue weighted by molar-refractivity contribution is 0.618. The number of halogens is 1. The third-order valence-electron chi connectivity index (χ3n) is 2.78. The van der Waals surface area contributed by atoms with Crippen molar-refractivity contribution in [3.63, 3.8) is 0 Å². The van der Waals surface area contributed by atoms with E-state index in [0.717, 1.165) is 5.69 Å². The Kier molecular flexibility index (Phi) is 2.98. The number of nitrogens with one attached hydrogen (secondary N) is 1. The van der Waals surface area contributed by atoms with Gasteiger partial charge in [0.25, 0.3) is 0 Å². The summed E-state index contributed by atoms with van der Waals surface area (Å²) in [6, 6.07) is 16.3. The summed E-state index contributed by atoms with van der Waals surface area (Å²) in [7, 11) is 0. The maximum Gasteiger partial charge on any atom is 0.212 e. The first-order valence-electron chi connectivity index (χ1n) is 5.95. The zero-order valence-corrected chi connectivity index (χ0v) is 10.1. The van der Waals surface area contributed by atoms with Crippen LogP contribution in [0.25, 0.3) is 5.69 Å². The molecule has 2 aromatic carbocycles. The first-order chi connectivity index (χ1) is 9.34. The number of para-hydroxylation sites is 2. The molecule has 3 aromatic rings. The van der Waals surface area contributed by atoms with Crippen LogP contribution in [0.5, 0.6) is 0 Å². The van der Waals surface area contributed by atoms with E-state index in [-0.39, 0.29) is 5.82 Å². The highest BCUT2D eigenvalue weighted by Gasteiger charge is 2.08. The minimum absolute atomic E-state index is 0.281. The van der Waals surface area contributed by atoms with Gasteiger partial charge in [0.05, 0.1) is 5.69 Å². The summed E-state index contributed by atoms with van der Waals surface area (Å²) in [6.07, 6.45) is 3.36. The van der Waals surface area contributed by atoms with Gasteiger partial charge in [-0.1, -0.05) is 30.3 Å². The molecule has 0 aliphatic heterocycles. The molecule has 0 atom stereocenters. The molecule has 0 spiro atoms. The van der Waals surface area contributed by atoms with Crippen molar-refractivity contribution in [3.05, 3.63) is 72.8 Å². The minimum Gasteiger partial charge on any atom is -0.325 e. The van der Waals surface area contributed by atoms with E-state index >= 15 is 0 Å². The number of aromatic nitrogens is 2. The summed E-state index contributed by atoms with van der Waals surface area (Å²) in [4.78, 5) is 4.21. The molecule has 1 aromatic heterocycles. The summed E-state index contributed by atoms with van der Waals surface area (Å²) in [5.41, 5.74) is 1.38. The van der Waals surface area contributed by atoms with Crippen LogP contribution in [-0.2, 0) is 0 Å². The molecule has 3 nitrogen and oxygen atoms in total. The molecular formula is C15H12FN3. The molecule has 1 N–H and O–H groups in total. The van der Waals surface area contributed by atoms with Crippen molar-refractivity contribution in [3.8, 4) is 5.69 Å². The topological polar surface area (TPSA) is 29.9 Å². The Morgan fingerprint density at radius 3 is 2.47 bits per heavy atom. The standard InChI is InChI=1S/C15H12FN3/c16-13-8-4-5-9-14(13)19-11-10-17-15(19)18-12-6-2-1-3-7-12/h1-11H,(H,17,18). The second kappa shape index (κ2) is 4.94. The van der Waals surface area contributed by atoms with Crippen LogP contribution >= 0.6 is 0 Å². The Balaban J connectivity index is 1.98. The average Bonchev–Trinajstić information content (AvgIpc) is 2.88. The van der Waals surface area contributed by atoms with Gasteiger partial charge in [0.1, 0.15) is 5.82 Å². The van der Waals surface area contributed by atoms with Crippen molar-refractivity contribution in [2.24, 2.45) is 0 Å². The first-order valence-corrected chi connectivity index (χ1v) is 5.95. The summed E-state index contributed by atoms with van der Waals surface area (Å²) in [5.74, 6) is 0.299. The van der Waals surface area contributed by atoms with Crippen LogP contribution in [0.15, 0.2) is 67.0 Å². The fourth-order valence-corrected chi connectivity index (χ4v) is 1.89. The van der Waals surface area contributed by atoms with Crippen molar-refractivity contribution >= 4 is 11.6 Å². The summed E-state index contributed by atoms with van der Waals surface area (Å²) in [5, 5.41) is 3.16. The van der Waals surface area contributed by atoms with Gasteiger partial charge in [-0.3, -0.25) is 4.57 Å². The van der Waals surface area contributed by atoms with Gasteiger partial charge in [0.2, 0.25) is 5.95 Å². The molecular weight excluding hydrogens is 241 g/mol. The number of rotatable bonds is 3. The summed E-state index contributed by atoms with van der Waals surface area (Å²) < 4.78 is 15.5. The largest absolute Gasteiger partial charge is 0.325 e. The third-order valence-corrected chi connectivity index (χ3v) is 2.78. The number of hydrogen-bond donors (Lipinski definition) is 1. The highest BCUT2D eigenvalue weighted by atomic mass is 19.1. The van der Waals surface area contributed by atoms with E-state index in [4.69, 9.17) is 0 Å². The van der Waals surface area contributed by atoms with E-state index in [1.165, 1.54) is 6.07 Å². The van der Waals surface area contributed by atoms with E-state index in [0.29, 0.717) is 11.6 Å². The van der Waals surface area contributed by atoms with Crippen LogP contribution in [0.1, 0.15) is 0 Å². The van der Waals surface area contributed by atoms with Crippen LogP contribution in [-0.4, -0.2) is 9.55 Å². The molecule has 1 heterocycles. The van der Waals surface area contributed by atoms with Crippen molar-refractivity contribution in [2.45, 2.75) is 0 Å². The smallest absolute Gasteiger partial charge is 0.212 e. The molecule has 0 fully saturated rings. The van der Waals surface area contributed by atoms with Gasteiger partial charge in [-0.15, -0.1) is 0 Å². The Labute approximate surface area is 110 Å². The third kappa shape index (κ3) is 2.33. The Bertz CT molecular complexity index is 677. The first kappa shape index (κ1) is 11.5. The van der Waals surface area contributed by atoms with E-state index < -0.39 is 0 Å². The molecule has 19 heavy (non-hydrogen) atoms. The van der Waals surface area contributed by atoms with Crippen LogP contribution in [0.3, 0.4) is 0 Å². The second-order valence-corrected chi connectivity index (χ2v) is 4.06. The summed E-state index contributed by atoms with van der Waals surface area (Å²) >= 11 is 0. The van der Waals surface area contributed by atoms with Crippen LogP contribution < -0.4 is 5.32 Å². The van der Waals surface area contributed by atoms with E-state index in [1.54, 1.807) is 35.2 Å². The predicted octanol–water partition coefficient (Wildman–Crippen LogP) is 3.76. The molecule has 94 valence electrons. The molecule has 0 aliphatic carbocycles. The Hall–Kier alpha value is -2.62. The Morgan fingerprint density at radius 2 is 1.68 bits per heavy atom. The fraction of sp³-hybridized carbons (Fsp3) is 0. The molecule has 0 amide bonds. The fourth-order valence-electron chi connectivity index (χ4n) is 1.89. The monoisotopic (exact) mass is 253 g/mol. The highest BCUT2D eigenvalue weighted by Crippen LogP contribution is 2.20. The lowest BCUT2D eigenvalue weighted by Crippen LogP contribution is -2.02. The summed E-state index contributed by atoms with van der Waals surface area (Å²) in [6.45, 7) is 0. The molecule has 0 saturated heterocycles.